The summed E-state index contributed by atoms with van der Waals surface area (Å²) >= 11 is 6.29. The number of hydrogen-bond acceptors (Lipinski definition) is 9. The Morgan fingerprint density at radius 3 is 2.74 bits per heavy atom. The number of piperazine rings is 1. The molecule has 2 aliphatic rings. The van der Waals surface area contributed by atoms with Crippen LogP contribution in [0, 0.1) is 11.7 Å². The molecule has 0 radical (unpaired) electrons. The number of alkyl halides is 2. The first-order valence-corrected chi connectivity index (χ1v) is 13.6. The lowest BCUT2D eigenvalue weighted by molar-refractivity contribution is -0.126. The number of aromatic nitrogens is 5. The van der Waals surface area contributed by atoms with Crippen LogP contribution in [0.25, 0.3) is 21.8 Å². The van der Waals surface area contributed by atoms with Crippen molar-refractivity contribution in [1.29, 1.82) is 0 Å². The van der Waals surface area contributed by atoms with Gasteiger partial charge < -0.3 is 24.2 Å². The monoisotopic (exact) mass is 602 g/mol. The molecule has 0 saturated carbocycles. The summed E-state index contributed by atoms with van der Waals surface area (Å²) in [6.45, 7) is 5.67. The normalized spacial score (nSPS) is 19.7. The lowest BCUT2D eigenvalue weighted by Gasteiger charge is -2.35. The second kappa shape index (κ2) is 11.2. The van der Waals surface area contributed by atoms with Gasteiger partial charge in [0.15, 0.2) is 5.75 Å². The van der Waals surface area contributed by atoms with E-state index in [1.165, 1.54) is 24.5 Å². The number of nitrogens with zero attached hydrogens (tertiary/aromatic N) is 7. The first kappa shape index (κ1) is 28.0. The van der Waals surface area contributed by atoms with Crippen molar-refractivity contribution < 1.29 is 27.4 Å². The Morgan fingerprint density at radius 2 is 2.00 bits per heavy atom. The number of aromatic amines is 1. The maximum Gasteiger partial charge on any atom is 0.319 e. The molecule has 5 heterocycles. The Morgan fingerprint density at radius 1 is 1.21 bits per heavy atom. The molecule has 2 aliphatic heterocycles. The molecule has 1 aromatic carbocycles. The van der Waals surface area contributed by atoms with Crippen molar-refractivity contribution in [1.82, 2.24) is 34.9 Å². The summed E-state index contributed by atoms with van der Waals surface area (Å²) in [6, 6.07) is 2.76. The van der Waals surface area contributed by atoms with Gasteiger partial charge in [0.05, 0.1) is 28.4 Å². The summed E-state index contributed by atoms with van der Waals surface area (Å²) in [5, 5.41) is 7.30. The van der Waals surface area contributed by atoms with E-state index in [-0.39, 0.29) is 47.2 Å². The second-order valence-electron chi connectivity index (χ2n) is 10.2. The van der Waals surface area contributed by atoms with E-state index in [0.717, 1.165) is 0 Å². The van der Waals surface area contributed by atoms with E-state index in [2.05, 4.69) is 31.7 Å². The number of pyridine rings is 1. The Balaban J connectivity index is 1.43. The van der Waals surface area contributed by atoms with Crippen LogP contribution in [-0.4, -0.2) is 99.7 Å². The zero-order valence-corrected chi connectivity index (χ0v) is 23.2. The van der Waals surface area contributed by atoms with E-state index < -0.39 is 24.3 Å². The number of likely N-dealkylation sites (tertiary alicyclic amines) is 1. The topological polar surface area (TPSA) is 113 Å². The van der Waals surface area contributed by atoms with Crippen molar-refractivity contribution in [2.45, 2.75) is 12.5 Å². The predicted octanol–water partition coefficient (Wildman–Crippen LogP) is 3.89. The summed E-state index contributed by atoms with van der Waals surface area (Å²) in [4.78, 5) is 31.0. The van der Waals surface area contributed by atoms with Gasteiger partial charge >= 0.3 is 6.01 Å². The molecular weight excluding hydrogens is 577 g/mol. The average molecular weight is 603 g/mol. The van der Waals surface area contributed by atoms with Gasteiger partial charge in [-0.15, -0.1) is 0 Å². The van der Waals surface area contributed by atoms with Crippen LogP contribution in [0.1, 0.15) is 0 Å². The van der Waals surface area contributed by atoms with Crippen molar-refractivity contribution in [3.05, 3.63) is 48.0 Å². The molecule has 42 heavy (non-hydrogen) atoms. The van der Waals surface area contributed by atoms with E-state index in [9.17, 15) is 18.0 Å². The van der Waals surface area contributed by atoms with Gasteiger partial charge in [-0.25, -0.2) is 18.2 Å². The van der Waals surface area contributed by atoms with Gasteiger partial charge in [-0.1, -0.05) is 18.2 Å². The van der Waals surface area contributed by atoms with Gasteiger partial charge in [-0.2, -0.15) is 15.1 Å². The fourth-order valence-electron chi connectivity index (χ4n) is 5.33. The molecule has 220 valence electrons. The van der Waals surface area contributed by atoms with E-state index >= 15 is 0 Å². The zero-order valence-electron chi connectivity index (χ0n) is 22.4. The molecule has 0 aliphatic carbocycles. The highest BCUT2D eigenvalue weighted by Gasteiger charge is 2.39. The molecule has 0 unspecified atom stereocenters. The third-order valence-electron chi connectivity index (χ3n) is 7.47. The van der Waals surface area contributed by atoms with Crippen LogP contribution >= 0.6 is 11.6 Å². The number of anilines is 1. The molecule has 2 saturated heterocycles. The molecule has 15 heteroatoms. The quantitative estimate of drug-likeness (QED) is 0.315. The van der Waals surface area contributed by atoms with Gasteiger partial charge in [0.25, 0.3) is 0 Å². The standard InChI is InChI=1S/C27H26ClF3N8O3/c1-3-20(40)38-6-8-39(9-7-38)25-14-4-5-32-26(42-23-15-11-33-36-18(15)10-17(29)21(23)28)22(14)34-27(35-25)41-19-13-37(2)12-16(19)24(30)31/h3-5,10-11,16,19,24H,1,6-9,12-13H2,2H3,(H,33,36)/t16-,19-/m1/s1. The van der Waals surface area contributed by atoms with Crippen molar-refractivity contribution in [2.24, 2.45) is 5.92 Å². The molecule has 1 amide bonds. The highest BCUT2D eigenvalue weighted by molar-refractivity contribution is 6.33. The maximum absolute atomic E-state index is 14.6. The van der Waals surface area contributed by atoms with Gasteiger partial charge in [0.2, 0.25) is 18.2 Å². The van der Waals surface area contributed by atoms with E-state index in [0.29, 0.717) is 48.3 Å². The minimum absolute atomic E-state index is 0.0187. The lowest BCUT2D eigenvalue weighted by atomic mass is 10.1. The van der Waals surface area contributed by atoms with Crippen LogP contribution in [0.2, 0.25) is 5.02 Å². The Kier molecular flexibility index (Phi) is 7.49. The Bertz CT molecular complexity index is 1660. The smallest absolute Gasteiger partial charge is 0.319 e. The van der Waals surface area contributed by atoms with Gasteiger partial charge in [-0.3, -0.25) is 9.89 Å². The summed E-state index contributed by atoms with van der Waals surface area (Å²) in [5.41, 5.74) is 0.570. The van der Waals surface area contributed by atoms with Gasteiger partial charge in [0, 0.05) is 51.5 Å². The molecule has 2 fully saturated rings. The molecule has 0 spiro atoms. The number of carbonyl (C=O) groups excluding carboxylic acids is 1. The molecule has 4 aromatic rings. The number of likely N-dealkylation sites (N-methyl/N-ethyl adjacent to an activating group) is 1. The van der Waals surface area contributed by atoms with Crippen molar-refractivity contribution in [3.63, 3.8) is 0 Å². The second-order valence-corrected chi connectivity index (χ2v) is 10.5. The predicted molar refractivity (Wildman–Crippen MR) is 149 cm³/mol. The van der Waals surface area contributed by atoms with Crippen molar-refractivity contribution in [2.75, 3.05) is 51.2 Å². The maximum atomic E-state index is 14.6. The third-order valence-corrected chi connectivity index (χ3v) is 7.82. The first-order chi connectivity index (χ1) is 20.2. The number of nitrogens with one attached hydrogen (secondary N) is 1. The largest absolute Gasteiger partial charge is 0.458 e. The SMILES string of the molecule is C=CC(=O)N1CCN(c2nc(O[C@@H]3CN(C)C[C@H]3C(F)F)nc3c(Oc4c(Cl)c(F)cc5[nH]ncc45)nccc23)CC1. The highest BCUT2D eigenvalue weighted by atomic mass is 35.5. The van der Waals surface area contributed by atoms with Crippen LogP contribution in [0.4, 0.5) is 19.0 Å². The number of amides is 1. The molecular formula is C27H26ClF3N8O3. The lowest BCUT2D eigenvalue weighted by Crippen LogP contribution is -2.48. The fourth-order valence-corrected chi connectivity index (χ4v) is 5.52. The molecule has 11 nitrogen and oxygen atoms in total. The highest BCUT2D eigenvalue weighted by Crippen LogP contribution is 2.40. The molecule has 6 rings (SSSR count). The molecule has 3 aromatic heterocycles. The zero-order chi connectivity index (χ0) is 29.5. The van der Waals surface area contributed by atoms with E-state index in [4.69, 9.17) is 21.1 Å². The Labute approximate surface area is 242 Å². The summed E-state index contributed by atoms with van der Waals surface area (Å²) < 4.78 is 54.4. The van der Waals surface area contributed by atoms with Crippen LogP contribution in [0.3, 0.4) is 0 Å². The summed E-state index contributed by atoms with van der Waals surface area (Å²) in [5.74, 6) is -1.52. The number of carbonyl (C=O) groups is 1. The van der Waals surface area contributed by atoms with E-state index in [1.807, 2.05) is 4.90 Å². The minimum atomic E-state index is -2.59. The Hall–Kier alpha value is -4.17. The number of H-pyrrole nitrogens is 1. The summed E-state index contributed by atoms with van der Waals surface area (Å²) in [7, 11) is 1.74. The molecule has 1 N–H and O–H groups in total. The average Bonchev–Trinajstić information content (AvgIpc) is 3.60. The van der Waals surface area contributed by atoms with Gasteiger partial charge in [-0.05, 0) is 19.2 Å². The summed E-state index contributed by atoms with van der Waals surface area (Å²) in [6.07, 6.45) is 0.751. The third kappa shape index (κ3) is 5.15. The number of ether oxygens (including phenoxy) is 2. The van der Waals surface area contributed by atoms with Crippen LogP contribution in [0.5, 0.6) is 17.6 Å². The number of rotatable bonds is 7. The van der Waals surface area contributed by atoms with Crippen molar-refractivity contribution in [3.8, 4) is 17.6 Å². The van der Waals surface area contributed by atoms with Crippen LogP contribution < -0.4 is 14.4 Å². The number of hydrogen-bond donors (Lipinski definition) is 1. The van der Waals surface area contributed by atoms with Crippen molar-refractivity contribution >= 4 is 45.1 Å². The molecule has 2 atom stereocenters. The first-order valence-electron chi connectivity index (χ1n) is 13.2. The number of benzene rings is 1. The van der Waals surface area contributed by atoms with Crippen LogP contribution in [-0.2, 0) is 4.79 Å². The van der Waals surface area contributed by atoms with Crippen LogP contribution in [0.15, 0.2) is 37.2 Å². The minimum Gasteiger partial charge on any atom is -0.458 e. The fraction of sp³-hybridized carbons (Fsp3) is 0.370. The van der Waals surface area contributed by atoms with E-state index in [1.54, 1.807) is 22.9 Å². The molecule has 0 bridgehead atoms. The number of fused-ring (bicyclic) bond motifs is 2. The number of halogens is 4. The van der Waals surface area contributed by atoms with Gasteiger partial charge in [0.1, 0.15) is 28.3 Å².